The standard InChI is InChI=1S/C24H20ClN5O/c1-17-8-10-18(11-9-17)15-27-24-28-23(20-6-4-14-26-16-20)29-30(24)22(31)13-12-19-5-2-3-7-21(19)25/h2-14,16H,15H2,1H3,(H,27,28,29)/b13-12+. The van der Waals surface area contributed by atoms with Crippen molar-refractivity contribution in [1.82, 2.24) is 19.7 Å². The van der Waals surface area contributed by atoms with E-state index in [0.29, 0.717) is 23.3 Å². The number of nitrogens with zero attached hydrogens (tertiary/aromatic N) is 4. The zero-order valence-corrected chi connectivity index (χ0v) is 17.6. The number of benzene rings is 2. The summed E-state index contributed by atoms with van der Waals surface area (Å²) >= 11 is 6.18. The smallest absolute Gasteiger partial charge is 0.274 e. The summed E-state index contributed by atoms with van der Waals surface area (Å²) in [5.41, 5.74) is 3.73. The lowest BCUT2D eigenvalue weighted by atomic mass is 10.1. The van der Waals surface area contributed by atoms with Crippen molar-refractivity contribution in [3.8, 4) is 11.4 Å². The van der Waals surface area contributed by atoms with Gasteiger partial charge in [0.05, 0.1) is 0 Å². The maximum atomic E-state index is 12.9. The Bertz CT molecular complexity index is 1220. The topological polar surface area (TPSA) is 72.7 Å². The van der Waals surface area contributed by atoms with Crippen LogP contribution in [0.1, 0.15) is 21.5 Å². The van der Waals surface area contributed by atoms with E-state index in [2.05, 4.69) is 20.4 Å². The number of anilines is 1. The molecule has 0 radical (unpaired) electrons. The molecule has 4 rings (SSSR count). The molecular weight excluding hydrogens is 410 g/mol. The van der Waals surface area contributed by atoms with E-state index in [1.54, 1.807) is 30.6 Å². The van der Waals surface area contributed by atoms with E-state index in [-0.39, 0.29) is 5.91 Å². The van der Waals surface area contributed by atoms with E-state index in [1.165, 1.54) is 16.3 Å². The lowest BCUT2D eigenvalue weighted by Gasteiger charge is -2.06. The highest BCUT2D eigenvalue weighted by Gasteiger charge is 2.16. The molecule has 31 heavy (non-hydrogen) atoms. The predicted molar refractivity (Wildman–Crippen MR) is 123 cm³/mol. The molecule has 2 heterocycles. The van der Waals surface area contributed by atoms with Crippen LogP contribution in [0.5, 0.6) is 0 Å². The molecule has 7 heteroatoms. The number of allylic oxidation sites excluding steroid dienone is 1. The van der Waals surface area contributed by atoms with Gasteiger partial charge in [-0.3, -0.25) is 9.78 Å². The molecule has 154 valence electrons. The van der Waals surface area contributed by atoms with Crippen LogP contribution in [-0.4, -0.2) is 25.7 Å². The van der Waals surface area contributed by atoms with Crippen molar-refractivity contribution in [2.45, 2.75) is 13.5 Å². The van der Waals surface area contributed by atoms with Gasteiger partial charge in [0.15, 0.2) is 5.82 Å². The molecule has 0 aliphatic carbocycles. The number of pyridine rings is 1. The summed E-state index contributed by atoms with van der Waals surface area (Å²) in [6.07, 6.45) is 6.43. The lowest BCUT2D eigenvalue weighted by Crippen LogP contribution is -2.14. The fourth-order valence-corrected chi connectivity index (χ4v) is 3.13. The van der Waals surface area contributed by atoms with E-state index < -0.39 is 0 Å². The number of nitrogens with one attached hydrogen (secondary N) is 1. The molecule has 0 aliphatic rings. The summed E-state index contributed by atoms with van der Waals surface area (Å²) in [5.74, 6) is 0.432. The second kappa shape index (κ2) is 9.36. The molecule has 0 saturated heterocycles. The first-order valence-corrected chi connectivity index (χ1v) is 10.1. The molecule has 0 atom stereocenters. The van der Waals surface area contributed by atoms with Crippen LogP contribution in [0.3, 0.4) is 0 Å². The summed E-state index contributed by atoms with van der Waals surface area (Å²) in [6.45, 7) is 2.55. The van der Waals surface area contributed by atoms with Crippen LogP contribution in [0.4, 0.5) is 5.95 Å². The van der Waals surface area contributed by atoms with Crippen LogP contribution in [-0.2, 0) is 6.54 Å². The highest BCUT2D eigenvalue weighted by Crippen LogP contribution is 2.19. The predicted octanol–water partition coefficient (Wildman–Crippen LogP) is 5.27. The molecule has 2 aromatic carbocycles. The van der Waals surface area contributed by atoms with Crippen molar-refractivity contribution in [2.75, 3.05) is 5.32 Å². The van der Waals surface area contributed by atoms with Crippen LogP contribution in [0.2, 0.25) is 5.02 Å². The van der Waals surface area contributed by atoms with E-state index in [0.717, 1.165) is 16.7 Å². The minimum atomic E-state index is -0.339. The van der Waals surface area contributed by atoms with Gasteiger partial charge in [-0.2, -0.15) is 9.67 Å². The van der Waals surface area contributed by atoms with E-state index in [4.69, 9.17) is 11.6 Å². The van der Waals surface area contributed by atoms with Crippen LogP contribution in [0.25, 0.3) is 17.5 Å². The highest BCUT2D eigenvalue weighted by atomic mass is 35.5. The molecule has 0 saturated carbocycles. The van der Waals surface area contributed by atoms with Gasteiger partial charge in [-0.15, -0.1) is 5.10 Å². The van der Waals surface area contributed by atoms with Gasteiger partial charge >= 0.3 is 0 Å². The summed E-state index contributed by atoms with van der Waals surface area (Å²) in [4.78, 5) is 21.6. The third-order valence-corrected chi connectivity index (χ3v) is 4.96. The number of aromatic nitrogens is 4. The summed E-state index contributed by atoms with van der Waals surface area (Å²) in [6, 6.07) is 19.1. The van der Waals surface area contributed by atoms with Crippen molar-refractivity contribution in [1.29, 1.82) is 0 Å². The Kier molecular flexibility index (Phi) is 6.19. The molecular formula is C24H20ClN5O. The van der Waals surface area contributed by atoms with Gasteiger partial charge in [0, 0.05) is 35.6 Å². The quantitative estimate of drug-likeness (QED) is 0.423. The molecule has 0 spiro atoms. The average molecular weight is 430 g/mol. The van der Waals surface area contributed by atoms with Gasteiger partial charge in [-0.25, -0.2) is 0 Å². The number of halogens is 1. The number of rotatable bonds is 6. The molecule has 2 aromatic heterocycles. The zero-order valence-electron chi connectivity index (χ0n) is 16.9. The van der Waals surface area contributed by atoms with Gasteiger partial charge in [0.1, 0.15) is 0 Å². The third kappa shape index (κ3) is 5.05. The van der Waals surface area contributed by atoms with Crippen molar-refractivity contribution in [3.05, 3.63) is 101 Å². The van der Waals surface area contributed by atoms with Gasteiger partial charge in [0.25, 0.3) is 5.91 Å². The molecule has 0 amide bonds. The molecule has 4 aromatic rings. The summed E-state index contributed by atoms with van der Waals surface area (Å²) < 4.78 is 1.25. The molecule has 1 N–H and O–H groups in total. The van der Waals surface area contributed by atoms with Gasteiger partial charge in [0.2, 0.25) is 5.95 Å². The van der Waals surface area contributed by atoms with E-state index in [9.17, 15) is 4.79 Å². The first kappa shape index (κ1) is 20.5. The highest BCUT2D eigenvalue weighted by molar-refractivity contribution is 6.32. The molecule has 0 aliphatic heterocycles. The van der Waals surface area contributed by atoms with E-state index >= 15 is 0 Å². The van der Waals surface area contributed by atoms with Crippen LogP contribution < -0.4 is 5.32 Å². The Morgan fingerprint density at radius 3 is 2.65 bits per heavy atom. The van der Waals surface area contributed by atoms with Crippen LogP contribution >= 0.6 is 11.6 Å². The van der Waals surface area contributed by atoms with Gasteiger partial charge in [-0.05, 0) is 42.3 Å². The lowest BCUT2D eigenvalue weighted by molar-refractivity contribution is 0.0957. The first-order valence-electron chi connectivity index (χ1n) is 9.74. The normalized spacial score (nSPS) is 11.0. The number of aryl methyl sites for hydroxylation is 1. The SMILES string of the molecule is Cc1ccc(CNc2nc(-c3cccnc3)nn2C(=O)/C=C/c2ccccc2Cl)cc1. The van der Waals surface area contributed by atoms with Crippen LogP contribution in [0, 0.1) is 6.92 Å². The van der Waals surface area contributed by atoms with Crippen LogP contribution in [0.15, 0.2) is 79.1 Å². The van der Waals surface area contributed by atoms with E-state index in [1.807, 2.05) is 55.5 Å². The summed E-state index contributed by atoms with van der Waals surface area (Å²) in [5, 5.41) is 8.20. The number of carbonyl (C=O) groups is 1. The fourth-order valence-electron chi connectivity index (χ4n) is 2.93. The zero-order chi connectivity index (χ0) is 21.6. The van der Waals surface area contributed by atoms with Gasteiger partial charge in [-0.1, -0.05) is 59.6 Å². The number of hydrogen-bond acceptors (Lipinski definition) is 5. The monoisotopic (exact) mass is 429 g/mol. The van der Waals surface area contributed by atoms with Crippen molar-refractivity contribution in [2.24, 2.45) is 0 Å². The maximum absolute atomic E-state index is 12.9. The fraction of sp³-hybridized carbons (Fsp3) is 0.0833. The first-order chi connectivity index (χ1) is 15.1. The Balaban J connectivity index is 1.62. The minimum Gasteiger partial charge on any atom is -0.350 e. The third-order valence-electron chi connectivity index (χ3n) is 4.62. The van der Waals surface area contributed by atoms with Gasteiger partial charge < -0.3 is 5.32 Å². The second-order valence-corrected chi connectivity index (χ2v) is 7.35. The van der Waals surface area contributed by atoms with Crippen molar-refractivity contribution in [3.63, 3.8) is 0 Å². The Hall–Kier alpha value is -3.77. The Morgan fingerprint density at radius 2 is 1.90 bits per heavy atom. The molecule has 6 nitrogen and oxygen atoms in total. The Morgan fingerprint density at radius 1 is 1.10 bits per heavy atom. The minimum absolute atomic E-state index is 0.339. The molecule has 0 fully saturated rings. The number of hydrogen-bond donors (Lipinski definition) is 1. The molecule has 0 bridgehead atoms. The summed E-state index contributed by atoms with van der Waals surface area (Å²) in [7, 11) is 0. The van der Waals surface area contributed by atoms with Crippen molar-refractivity contribution >= 4 is 29.5 Å². The number of carbonyl (C=O) groups excluding carboxylic acids is 1. The van der Waals surface area contributed by atoms with Crippen molar-refractivity contribution < 1.29 is 4.79 Å². The second-order valence-electron chi connectivity index (χ2n) is 6.94. The Labute approximate surface area is 185 Å². The average Bonchev–Trinajstić information content (AvgIpc) is 3.23. The maximum Gasteiger partial charge on any atom is 0.274 e. The largest absolute Gasteiger partial charge is 0.350 e. The molecule has 0 unspecified atom stereocenters.